The van der Waals surface area contributed by atoms with E-state index >= 15 is 0 Å². The van der Waals surface area contributed by atoms with Crippen LogP contribution in [0.25, 0.3) is 10.8 Å². The smallest absolute Gasteiger partial charge is 0.243 e. The zero-order valence-electron chi connectivity index (χ0n) is 18.5. The van der Waals surface area contributed by atoms with Crippen molar-refractivity contribution in [3.8, 4) is 5.75 Å². The Hall–Kier alpha value is -2.97. The van der Waals surface area contributed by atoms with E-state index in [-0.39, 0.29) is 22.5 Å². The van der Waals surface area contributed by atoms with Crippen LogP contribution >= 0.6 is 0 Å². The van der Waals surface area contributed by atoms with E-state index in [2.05, 4.69) is 0 Å². The molecule has 3 aromatic carbocycles. The quantitative estimate of drug-likeness (QED) is 0.525. The van der Waals surface area contributed by atoms with E-state index in [1.54, 1.807) is 36.2 Å². The number of halogens is 1. The van der Waals surface area contributed by atoms with E-state index < -0.39 is 10.0 Å². The highest BCUT2D eigenvalue weighted by Gasteiger charge is 2.33. The lowest BCUT2D eigenvalue weighted by atomic mass is 9.97. The average molecular weight is 471 g/mol. The van der Waals surface area contributed by atoms with Gasteiger partial charge in [0.15, 0.2) is 0 Å². The molecule has 0 radical (unpaired) electrons. The van der Waals surface area contributed by atoms with Crippen molar-refractivity contribution in [3.05, 3.63) is 72.5 Å². The van der Waals surface area contributed by atoms with Crippen LogP contribution in [0.15, 0.2) is 71.6 Å². The average Bonchev–Trinajstić information content (AvgIpc) is 2.84. The lowest BCUT2D eigenvalue weighted by Gasteiger charge is -2.32. The van der Waals surface area contributed by atoms with Crippen LogP contribution in [0.2, 0.25) is 0 Å². The van der Waals surface area contributed by atoms with Crippen LogP contribution in [0.4, 0.5) is 4.39 Å². The molecule has 1 saturated heterocycles. The number of fused-ring (bicyclic) bond motifs is 1. The fourth-order valence-electron chi connectivity index (χ4n) is 4.07. The van der Waals surface area contributed by atoms with Crippen LogP contribution in [0, 0.1) is 11.7 Å². The first kappa shape index (κ1) is 23.2. The molecule has 1 amide bonds. The summed E-state index contributed by atoms with van der Waals surface area (Å²) in [6, 6.07) is 18.6. The third kappa shape index (κ3) is 5.34. The lowest BCUT2D eigenvalue weighted by molar-refractivity contribution is -0.135. The van der Waals surface area contributed by atoms with Crippen molar-refractivity contribution >= 4 is 26.7 Å². The number of carbonyl (C=O) groups is 1. The van der Waals surface area contributed by atoms with Gasteiger partial charge in [0.25, 0.3) is 0 Å². The molecule has 0 unspecified atom stereocenters. The summed E-state index contributed by atoms with van der Waals surface area (Å²) in [5.41, 5.74) is 0. The molecule has 174 valence electrons. The topological polar surface area (TPSA) is 66.9 Å². The molecule has 1 heterocycles. The number of sulfonamides is 1. The molecule has 6 nitrogen and oxygen atoms in total. The molecule has 4 rings (SSSR count). The van der Waals surface area contributed by atoms with E-state index in [1.165, 1.54) is 16.4 Å². The Morgan fingerprint density at radius 2 is 1.70 bits per heavy atom. The number of amides is 1. The van der Waals surface area contributed by atoms with Gasteiger partial charge in [-0.05, 0) is 60.0 Å². The van der Waals surface area contributed by atoms with Crippen LogP contribution < -0.4 is 4.74 Å². The molecule has 3 aromatic rings. The van der Waals surface area contributed by atoms with Gasteiger partial charge in [0.1, 0.15) is 18.2 Å². The van der Waals surface area contributed by atoms with Gasteiger partial charge in [-0.3, -0.25) is 4.79 Å². The second-order valence-electron chi connectivity index (χ2n) is 8.25. The van der Waals surface area contributed by atoms with Crippen LogP contribution in [-0.4, -0.2) is 56.8 Å². The first-order valence-corrected chi connectivity index (χ1v) is 12.4. The fourth-order valence-corrected chi connectivity index (χ4v) is 5.58. The van der Waals surface area contributed by atoms with Gasteiger partial charge in [0.2, 0.25) is 15.9 Å². The summed E-state index contributed by atoms with van der Waals surface area (Å²) in [4.78, 5) is 14.7. The van der Waals surface area contributed by atoms with Crippen LogP contribution in [0.3, 0.4) is 0 Å². The summed E-state index contributed by atoms with van der Waals surface area (Å²) in [5.74, 6) is -0.0163. The summed E-state index contributed by atoms with van der Waals surface area (Å²) >= 11 is 0. The van der Waals surface area contributed by atoms with Crippen molar-refractivity contribution in [1.82, 2.24) is 9.21 Å². The minimum absolute atomic E-state index is 0.0135. The van der Waals surface area contributed by atoms with E-state index in [4.69, 9.17) is 4.74 Å². The Morgan fingerprint density at radius 1 is 1.03 bits per heavy atom. The SMILES string of the molecule is CN(CCOc1ccc(F)cc1)C(=O)C1CCN(S(=O)(=O)c2ccc3ccccc3c2)CC1. The van der Waals surface area contributed by atoms with Crippen molar-refractivity contribution in [3.63, 3.8) is 0 Å². The molecule has 0 bridgehead atoms. The van der Waals surface area contributed by atoms with E-state index in [1.807, 2.05) is 30.3 Å². The number of piperidine rings is 1. The van der Waals surface area contributed by atoms with Gasteiger partial charge in [0.05, 0.1) is 11.4 Å². The predicted molar refractivity (Wildman–Crippen MR) is 125 cm³/mol. The molecule has 0 saturated carbocycles. The Labute approximate surface area is 193 Å². The zero-order valence-corrected chi connectivity index (χ0v) is 19.3. The second kappa shape index (κ2) is 9.89. The molecule has 8 heteroatoms. The van der Waals surface area contributed by atoms with Crippen molar-refractivity contribution in [2.75, 3.05) is 33.3 Å². The normalized spacial score (nSPS) is 15.5. The van der Waals surface area contributed by atoms with Gasteiger partial charge < -0.3 is 9.64 Å². The number of carbonyl (C=O) groups excluding carboxylic acids is 1. The number of nitrogens with zero attached hydrogens (tertiary/aromatic N) is 2. The molecule has 0 aliphatic carbocycles. The van der Waals surface area contributed by atoms with Crippen LogP contribution in [0.5, 0.6) is 5.75 Å². The number of rotatable bonds is 7. The Kier molecular flexibility index (Phi) is 6.95. The summed E-state index contributed by atoms with van der Waals surface area (Å²) in [5, 5.41) is 1.88. The van der Waals surface area contributed by atoms with Gasteiger partial charge in [0, 0.05) is 26.1 Å². The molecule has 0 aromatic heterocycles. The third-order valence-electron chi connectivity index (χ3n) is 6.05. The van der Waals surface area contributed by atoms with Crippen LogP contribution in [0.1, 0.15) is 12.8 Å². The van der Waals surface area contributed by atoms with Crippen molar-refractivity contribution < 1.29 is 22.3 Å². The number of likely N-dealkylation sites (N-methyl/N-ethyl adjacent to an activating group) is 1. The highest BCUT2D eigenvalue weighted by Crippen LogP contribution is 2.27. The summed E-state index contributed by atoms with van der Waals surface area (Å²) in [7, 11) is -1.89. The van der Waals surface area contributed by atoms with Gasteiger partial charge in [-0.2, -0.15) is 4.31 Å². The Balaban J connectivity index is 1.30. The molecule has 0 atom stereocenters. The van der Waals surface area contributed by atoms with E-state index in [0.29, 0.717) is 44.8 Å². The number of ether oxygens (including phenoxy) is 1. The molecule has 1 aliphatic rings. The van der Waals surface area contributed by atoms with Crippen molar-refractivity contribution in [1.29, 1.82) is 0 Å². The van der Waals surface area contributed by atoms with Gasteiger partial charge >= 0.3 is 0 Å². The summed E-state index contributed by atoms with van der Waals surface area (Å²) in [6.45, 7) is 1.31. The number of benzene rings is 3. The second-order valence-corrected chi connectivity index (χ2v) is 10.2. The maximum absolute atomic E-state index is 13.1. The van der Waals surface area contributed by atoms with Gasteiger partial charge in [-0.1, -0.05) is 30.3 Å². The molecule has 1 aliphatic heterocycles. The van der Waals surface area contributed by atoms with E-state index in [9.17, 15) is 17.6 Å². The minimum atomic E-state index is -3.61. The predicted octanol–water partition coefficient (Wildman–Crippen LogP) is 3.92. The summed E-state index contributed by atoms with van der Waals surface area (Å²) in [6.07, 6.45) is 0.962. The third-order valence-corrected chi connectivity index (χ3v) is 7.94. The van der Waals surface area contributed by atoms with E-state index in [0.717, 1.165) is 10.8 Å². The minimum Gasteiger partial charge on any atom is -0.492 e. The largest absolute Gasteiger partial charge is 0.492 e. The van der Waals surface area contributed by atoms with Crippen LogP contribution in [-0.2, 0) is 14.8 Å². The highest BCUT2D eigenvalue weighted by molar-refractivity contribution is 7.89. The molecule has 33 heavy (non-hydrogen) atoms. The van der Waals surface area contributed by atoms with Gasteiger partial charge in [-0.25, -0.2) is 12.8 Å². The first-order chi connectivity index (χ1) is 15.8. The number of hydrogen-bond donors (Lipinski definition) is 0. The molecule has 0 N–H and O–H groups in total. The molecular weight excluding hydrogens is 443 g/mol. The first-order valence-electron chi connectivity index (χ1n) is 11.0. The fraction of sp³-hybridized carbons (Fsp3) is 0.320. The number of hydrogen-bond acceptors (Lipinski definition) is 4. The van der Waals surface area contributed by atoms with Crippen molar-refractivity contribution in [2.24, 2.45) is 5.92 Å². The zero-order chi connectivity index (χ0) is 23.4. The molecular formula is C25H27FN2O4S. The summed E-state index contributed by atoms with van der Waals surface area (Å²) < 4.78 is 46.3. The highest BCUT2D eigenvalue weighted by atomic mass is 32.2. The molecule has 0 spiro atoms. The molecule has 1 fully saturated rings. The maximum Gasteiger partial charge on any atom is 0.243 e. The Morgan fingerprint density at radius 3 is 2.39 bits per heavy atom. The lowest BCUT2D eigenvalue weighted by Crippen LogP contribution is -2.44. The van der Waals surface area contributed by atoms with Crippen molar-refractivity contribution in [2.45, 2.75) is 17.7 Å². The van der Waals surface area contributed by atoms with Gasteiger partial charge in [-0.15, -0.1) is 0 Å². The standard InChI is InChI=1S/C25H27FN2O4S/c1-27(16-17-32-23-9-7-22(26)8-10-23)25(29)20-12-14-28(15-13-20)33(30,31)24-11-6-19-4-2-3-5-21(19)18-24/h2-11,18,20H,12-17H2,1H3. The Bertz CT molecular complexity index is 1220. The maximum atomic E-state index is 13.1. The monoisotopic (exact) mass is 470 g/mol.